The number of aliphatic hydroxyl groups is 1. The maximum Gasteiger partial charge on any atom is 0.253 e. The topological polar surface area (TPSA) is 80.7 Å². The molecule has 25 heavy (non-hydrogen) atoms. The molecule has 3 rings (SSSR count). The third kappa shape index (κ3) is 4.60. The monoisotopic (exact) mass is 361 g/mol. The number of piperazine rings is 1. The van der Waals surface area contributed by atoms with Gasteiger partial charge in [-0.2, -0.15) is 5.26 Å². The van der Waals surface area contributed by atoms with Gasteiger partial charge >= 0.3 is 0 Å². The molecule has 0 aliphatic carbocycles. The minimum Gasteiger partial charge on any atom is -0.467 e. The number of hydrogen-bond acceptors (Lipinski definition) is 5. The number of halogens is 1. The average Bonchev–Trinajstić information content (AvgIpc) is 3.17. The second kappa shape index (κ2) is 8.67. The number of hydrogen-bond donors (Lipinski definition) is 1. The molecule has 2 heterocycles. The van der Waals surface area contributed by atoms with Gasteiger partial charge in [0.1, 0.15) is 11.9 Å². The van der Waals surface area contributed by atoms with Gasteiger partial charge in [0.25, 0.3) is 5.91 Å². The van der Waals surface area contributed by atoms with E-state index in [4.69, 9.17) is 9.68 Å². The number of β-amino-alcohol motifs (C(OH)–C–C–N with tert-alkyl or cyclic N) is 1. The van der Waals surface area contributed by atoms with Crippen LogP contribution in [-0.4, -0.2) is 53.5 Å². The van der Waals surface area contributed by atoms with Crippen LogP contribution in [0.5, 0.6) is 0 Å². The van der Waals surface area contributed by atoms with Crippen molar-refractivity contribution in [2.75, 3.05) is 32.7 Å². The fourth-order valence-electron chi connectivity index (χ4n) is 2.82. The molecule has 1 aromatic carbocycles. The number of amides is 1. The molecule has 1 N–H and O–H groups in total. The molecule has 1 amide bonds. The summed E-state index contributed by atoms with van der Waals surface area (Å²) in [5, 5.41) is 18.9. The Morgan fingerprint density at radius 3 is 2.44 bits per heavy atom. The van der Waals surface area contributed by atoms with Crippen molar-refractivity contribution in [2.45, 2.75) is 6.10 Å². The van der Waals surface area contributed by atoms with Gasteiger partial charge in [-0.1, -0.05) is 0 Å². The Kier molecular flexibility index (Phi) is 6.59. The number of furan rings is 1. The Morgan fingerprint density at radius 1 is 1.20 bits per heavy atom. The fraction of sp³-hybridized carbons (Fsp3) is 0.333. The fourth-order valence-corrected chi connectivity index (χ4v) is 2.82. The summed E-state index contributed by atoms with van der Waals surface area (Å²) in [4.78, 5) is 16.4. The lowest BCUT2D eigenvalue weighted by Crippen LogP contribution is -2.49. The normalized spacial score (nSPS) is 15.9. The van der Waals surface area contributed by atoms with Gasteiger partial charge in [-0.05, 0) is 36.4 Å². The van der Waals surface area contributed by atoms with Crippen molar-refractivity contribution in [1.29, 1.82) is 5.26 Å². The van der Waals surface area contributed by atoms with E-state index in [1.54, 1.807) is 47.6 Å². The number of benzene rings is 1. The predicted molar refractivity (Wildman–Crippen MR) is 94.4 cm³/mol. The summed E-state index contributed by atoms with van der Waals surface area (Å²) in [6.45, 7) is 3.14. The first-order valence-electron chi connectivity index (χ1n) is 7.90. The highest BCUT2D eigenvalue weighted by molar-refractivity contribution is 5.94. The summed E-state index contributed by atoms with van der Waals surface area (Å²) < 4.78 is 5.21. The third-order valence-corrected chi connectivity index (χ3v) is 4.22. The number of aliphatic hydroxyl groups excluding tert-OH is 1. The summed E-state index contributed by atoms with van der Waals surface area (Å²) in [7, 11) is 0. The summed E-state index contributed by atoms with van der Waals surface area (Å²) in [5.41, 5.74) is 1.14. The van der Waals surface area contributed by atoms with Gasteiger partial charge in [0.15, 0.2) is 0 Å². The van der Waals surface area contributed by atoms with E-state index in [1.165, 1.54) is 0 Å². The van der Waals surface area contributed by atoms with Crippen LogP contribution in [0, 0.1) is 11.3 Å². The molecule has 1 fully saturated rings. The van der Waals surface area contributed by atoms with E-state index >= 15 is 0 Å². The average molecular weight is 362 g/mol. The molecule has 0 spiro atoms. The van der Waals surface area contributed by atoms with Crippen molar-refractivity contribution in [2.24, 2.45) is 0 Å². The van der Waals surface area contributed by atoms with E-state index in [0.29, 0.717) is 49.6 Å². The Balaban J connectivity index is 0.00000225. The molecule has 1 aliphatic rings. The van der Waals surface area contributed by atoms with E-state index in [0.717, 1.165) is 0 Å². The molecule has 1 aliphatic heterocycles. The summed E-state index contributed by atoms with van der Waals surface area (Å²) >= 11 is 0. The highest BCUT2D eigenvalue weighted by atomic mass is 35.5. The second-order valence-corrected chi connectivity index (χ2v) is 5.81. The molecule has 7 heteroatoms. The van der Waals surface area contributed by atoms with Crippen LogP contribution in [-0.2, 0) is 0 Å². The highest BCUT2D eigenvalue weighted by Crippen LogP contribution is 2.16. The van der Waals surface area contributed by atoms with Gasteiger partial charge in [0, 0.05) is 38.3 Å². The van der Waals surface area contributed by atoms with E-state index in [9.17, 15) is 9.90 Å². The first kappa shape index (κ1) is 19.0. The lowest BCUT2D eigenvalue weighted by Gasteiger charge is -2.35. The van der Waals surface area contributed by atoms with Crippen LogP contribution in [0.3, 0.4) is 0 Å². The molecule has 1 unspecified atom stereocenters. The Labute approximate surface area is 152 Å². The summed E-state index contributed by atoms with van der Waals surface area (Å²) in [6, 6.07) is 12.2. The molecular weight excluding hydrogens is 342 g/mol. The quantitative estimate of drug-likeness (QED) is 0.901. The van der Waals surface area contributed by atoms with E-state index in [-0.39, 0.29) is 18.3 Å². The first-order valence-corrected chi connectivity index (χ1v) is 7.90. The van der Waals surface area contributed by atoms with Gasteiger partial charge in [0.2, 0.25) is 0 Å². The number of carbonyl (C=O) groups is 1. The lowest BCUT2D eigenvalue weighted by molar-refractivity contribution is 0.0486. The van der Waals surface area contributed by atoms with Gasteiger partial charge in [-0.3, -0.25) is 9.69 Å². The maximum absolute atomic E-state index is 12.5. The van der Waals surface area contributed by atoms with Crippen molar-refractivity contribution in [3.05, 3.63) is 59.5 Å². The first-order chi connectivity index (χ1) is 11.7. The molecule has 0 bridgehead atoms. The number of rotatable bonds is 4. The van der Waals surface area contributed by atoms with Crippen LogP contribution in [0.25, 0.3) is 0 Å². The zero-order valence-electron chi connectivity index (χ0n) is 13.7. The molecule has 2 aromatic rings. The van der Waals surface area contributed by atoms with Gasteiger partial charge in [0.05, 0.1) is 17.9 Å². The molecule has 6 nitrogen and oxygen atoms in total. The van der Waals surface area contributed by atoms with Gasteiger partial charge in [-0.25, -0.2) is 0 Å². The van der Waals surface area contributed by atoms with Crippen LogP contribution < -0.4 is 0 Å². The molecular formula is C18H20ClN3O3. The standard InChI is InChI=1S/C18H19N3O3.ClH/c19-12-14-3-5-15(6-4-14)18(23)21-9-7-20(8-10-21)13-16(22)17-2-1-11-24-17;/h1-6,11,16,22H,7-10,13H2;1H. The molecule has 1 aromatic heterocycles. The lowest BCUT2D eigenvalue weighted by atomic mass is 10.1. The zero-order chi connectivity index (χ0) is 16.9. The minimum atomic E-state index is -0.652. The molecule has 1 saturated heterocycles. The van der Waals surface area contributed by atoms with E-state index in [1.807, 2.05) is 6.07 Å². The van der Waals surface area contributed by atoms with E-state index in [2.05, 4.69) is 4.90 Å². The van der Waals surface area contributed by atoms with Gasteiger partial charge in [-0.15, -0.1) is 12.4 Å². The highest BCUT2D eigenvalue weighted by Gasteiger charge is 2.24. The van der Waals surface area contributed by atoms with Crippen molar-refractivity contribution < 1.29 is 14.3 Å². The van der Waals surface area contributed by atoms with Gasteiger partial charge < -0.3 is 14.4 Å². The van der Waals surface area contributed by atoms with Crippen molar-refractivity contribution in [3.8, 4) is 6.07 Å². The SMILES string of the molecule is Cl.N#Cc1ccc(C(=O)N2CCN(CC(O)c3ccco3)CC2)cc1. The smallest absolute Gasteiger partial charge is 0.253 e. The minimum absolute atomic E-state index is 0. The van der Waals surface area contributed by atoms with Crippen molar-refractivity contribution >= 4 is 18.3 Å². The van der Waals surface area contributed by atoms with Crippen LogP contribution in [0.1, 0.15) is 27.8 Å². The molecule has 0 saturated carbocycles. The van der Waals surface area contributed by atoms with Crippen molar-refractivity contribution in [1.82, 2.24) is 9.80 Å². The van der Waals surface area contributed by atoms with E-state index < -0.39 is 6.10 Å². The molecule has 132 valence electrons. The van der Waals surface area contributed by atoms with Crippen LogP contribution in [0.2, 0.25) is 0 Å². The third-order valence-electron chi connectivity index (χ3n) is 4.22. The largest absolute Gasteiger partial charge is 0.467 e. The molecule has 1 atom stereocenters. The molecule has 0 radical (unpaired) electrons. The number of carbonyl (C=O) groups excluding carboxylic acids is 1. The van der Waals surface area contributed by atoms with Crippen LogP contribution in [0.15, 0.2) is 47.1 Å². The zero-order valence-corrected chi connectivity index (χ0v) is 14.5. The maximum atomic E-state index is 12.5. The summed E-state index contributed by atoms with van der Waals surface area (Å²) in [6.07, 6.45) is 0.896. The van der Waals surface area contributed by atoms with Crippen LogP contribution >= 0.6 is 12.4 Å². The predicted octanol–water partition coefficient (Wildman–Crippen LogP) is 2.06. The summed E-state index contributed by atoms with van der Waals surface area (Å²) in [5.74, 6) is 0.539. The van der Waals surface area contributed by atoms with Crippen molar-refractivity contribution in [3.63, 3.8) is 0 Å². The number of nitriles is 1. The van der Waals surface area contributed by atoms with Crippen LogP contribution in [0.4, 0.5) is 0 Å². The Bertz CT molecular complexity index is 717. The number of nitrogens with zero attached hydrogens (tertiary/aromatic N) is 3. The Hall–Kier alpha value is -2.33. The second-order valence-electron chi connectivity index (χ2n) is 5.81. The Morgan fingerprint density at radius 2 is 1.88 bits per heavy atom.